The molecule has 1 aromatic carbocycles. The van der Waals surface area contributed by atoms with E-state index in [4.69, 9.17) is 0 Å². The van der Waals surface area contributed by atoms with Crippen LogP contribution >= 0.6 is 0 Å². The van der Waals surface area contributed by atoms with Crippen LogP contribution in [0.15, 0.2) is 24.3 Å². The molecule has 1 aliphatic carbocycles. The highest BCUT2D eigenvalue weighted by Crippen LogP contribution is 2.46. The van der Waals surface area contributed by atoms with Crippen molar-refractivity contribution in [3.63, 3.8) is 0 Å². The minimum absolute atomic E-state index is 0.371. The van der Waals surface area contributed by atoms with Crippen LogP contribution in [0, 0.1) is 5.41 Å². The zero-order valence-electron chi connectivity index (χ0n) is 11.2. The lowest BCUT2D eigenvalue weighted by atomic mass is 9.68. The Morgan fingerprint density at radius 3 is 2.44 bits per heavy atom. The van der Waals surface area contributed by atoms with Gasteiger partial charge in [-0.2, -0.15) is 0 Å². The van der Waals surface area contributed by atoms with E-state index in [9.17, 15) is 5.11 Å². The molecule has 1 unspecified atom stereocenters. The molecule has 1 saturated heterocycles. The van der Waals surface area contributed by atoms with Crippen LogP contribution in [-0.4, -0.2) is 18.2 Å². The van der Waals surface area contributed by atoms with Gasteiger partial charge in [-0.05, 0) is 25.8 Å². The number of aliphatic hydroxyl groups is 1. The minimum atomic E-state index is -0.371. The molecule has 2 fully saturated rings. The first kappa shape index (κ1) is 12.0. The lowest BCUT2D eigenvalue weighted by Gasteiger charge is -2.54. The number of benzene rings is 1. The SMILES string of the molecule is CC(O)c1ccccc1N1CC2(CCCCC2)C1. The van der Waals surface area contributed by atoms with E-state index in [1.807, 2.05) is 19.1 Å². The Bertz CT molecular complexity index is 413. The summed E-state index contributed by atoms with van der Waals surface area (Å²) < 4.78 is 0. The van der Waals surface area contributed by atoms with Crippen LogP contribution in [0.3, 0.4) is 0 Å². The third-order valence-corrected chi connectivity index (χ3v) is 4.69. The maximum absolute atomic E-state index is 9.85. The lowest BCUT2D eigenvalue weighted by Crippen LogP contribution is -2.57. The smallest absolute Gasteiger partial charge is 0.0781 e. The van der Waals surface area contributed by atoms with Crippen LogP contribution in [0.4, 0.5) is 5.69 Å². The van der Waals surface area contributed by atoms with Gasteiger partial charge in [-0.15, -0.1) is 0 Å². The highest BCUT2D eigenvalue weighted by Gasteiger charge is 2.43. The quantitative estimate of drug-likeness (QED) is 0.862. The van der Waals surface area contributed by atoms with Gasteiger partial charge in [0.2, 0.25) is 0 Å². The molecule has 0 aromatic heterocycles. The van der Waals surface area contributed by atoms with E-state index in [2.05, 4.69) is 17.0 Å². The third-order valence-electron chi connectivity index (χ3n) is 4.69. The van der Waals surface area contributed by atoms with Crippen molar-refractivity contribution in [2.24, 2.45) is 5.41 Å². The van der Waals surface area contributed by atoms with E-state index < -0.39 is 0 Å². The summed E-state index contributed by atoms with van der Waals surface area (Å²) in [5, 5.41) is 9.85. The van der Waals surface area contributed by atoms with Gasteiger partial charge in [0, 0.05) is 29.8 Å². The summed E-state index contributed by atoms with van der Waals surface area (Å²) in [6.07, 6.45) is 6.67. The van der Waals surface area contributed by atoms with E-state index in [0.29, 0.717) is 5.41 Å². The van der Waals surface area contributed by atoms with Crippen LogP contribution in [0.5, 0.6) is 0 Å². The highest BCUT2D eigenvalue weighted by atomic mass is 16.3. The van der Waals surface area contributed by atoms with Gasteiger partial charge in [-0.3, -0.25) is 0 Å². The largest absolute Gasteiger partial charge is 0.389 e. The van der Waals surface area contributed by atoms with Gasteiger partial charge in [-0.25, -0.2) is 0 Å². The van der Waals surface area contributed by atoms with Gasteiger partial charge in [0.1, 0.15) is 0 Å². The van der Waals surface area contributed by atoms with Gasteiger partial charge in [0.15, 0.2) is 0 Å². The van der Waals surface area contributed by atoms with Gasteiger partial charge >= 0.3 is 0 Å². The number of hydrogen-bond donors (Lipinski definition) is 1. The van der Waals surface area contributed by atoms with Crippen LogP contribution < -0.4 is 4.90 Å². The van der Waals surface area contributed by atoms with Crippen molar-refractivity contribution in [1.82, 2.24) is 0 Å². The first-order chi connectivity index (χ1) is 8.70. The molecule has 0 bridgehead atoms. The fourth-order valence-corrected chi connectivity index (χ4v) is 3.68. The summed E-state index contributed by atoms with van der Waals surface area (Å²) in [5.41, 5.74) is 2.91. The van der Waals surface area contributed by atoms with Crippen molar-refractivity contribution in [1.29, 1.82) is 0 Å². The number of hydrogen-bond acceptors (Lipinski definition) is 2. The molecule has 1 saturated carbocycles. The molecule has 0 radical (unpaired) electrons. The van der Waals surface area contributed by atoms with Crippen molar-refractivity contribution in [3.05, 3.63) is 29.8 Å². The number of aliphatic hydroxyl groups excluding tert-OH is 1. The van der Waals surface area contributed by atoms with Gasteiger partial charge in [0.05, 0.1) is 6.10 Å². The van der Waals surface area contributed by atoms with Crippen LogP contribution in [0.25, 0.3) is 0 Å². The maximum Gasteiger partial charge on any atom is 0.0781 e. The van der Waals surface area contributed by atoms with Crippen molar-refractivity contribution in [2.75, 3.05) is 18.0 Å². The molecule has 18 heavy (non-hydrogen) atoms. The summed E-state index contributed by atoms with van der Waals surface area (Å²) in [5.74, 6) is 0. The van der Waals surface area contributed by atoms with E-state index in [-0.39, 0.29) is 6.10 Å². The average molecular weight is 245 g/mol. The van der Waals surface area contributed by atoms with Crippen molar-refractivity contribution < 1.29 is 5.11 Å². The Kier molecular flexibility index (Phi) is 3.06. The third kappa shape index (κ3) is 2.03. The summed E-state index contributed by atoms with van der Waals surface area (Å²) in [6, 6.07) is 8.29. The predicted molar refractivity (Wildman–Crippen MR) is 74.8 cm³/mol. The molecule has 3 rings (SSSR count). The molecular formula is C16H23NO. The Labute approximate surface area is 110 Å². The van der Waals surface area contributed by atoms with Crippen LogP contribution in [0.1, 0.15) is 50.7 Å². The maximum atomic E-state index is 9.85. The van der Waals surface area contributed by atoms with E-state index in [0.717, 1.165) is 5.56 Å². The number of para-hydroxylation sites is 1. The first-order valence-electron chi connectivity index (χ1n) is 7.22. The molecule has 1 heterocycles. The first-order valence-corrected chi connectivity index (χ1v) is 7.22. The van der Waals surface area contributed by atoms with E-state index >= 15 is 0 Å². The van der Waals surface area contributed by atoms with Crippen molar-refractivity contribution >= 4 is 5.69 Å². The Hall–Kier alpha value is -1.02. The normalized spacial score (nSPS) is 23.8. The fourth-order valence-electron chi connectivity index (χ4n) is 3.68. The fraction of sp³-hybridized carbons (Fsp3) is 0.625. The lowest BCUT2D eigenvalue weighted by molar-refractivity contribution is 0.137. The topological polar surface area (TPSA) is 23.5 Å². The molecule has 98 valence electrons. The second-order valence-corrected chi connectivity index (χ2v) is 6.15. The zero-order chi connectivity index (χ0) is 12.6. The van der Waals surface area contributed by atoms with Gasteiger partial charge in [0.25, 0.3) is 0 Å². The summed E-state index contributed by atoms with van der Waals surface area (Å²) in [6.45, 7) is 4.24. The molecule has 0 amide bonds. The Balaban J connectivity index is 1.74. The average Bonchev–Trinajstić information content (AvgIpc) is 2.37. The molecule has 1 spiro atoms. The van der Waals surface area contributed by atoms with Crippen LogP contribution in [-0.2, 0) is 0 Å². The summed E-state index contributed by atoms with van der Waals surface area (Å²) >= 11 is 0. The van der Waals surface area contributed by atoms with Crippen LogP contribution in [0.2, 0.25) is 0 Å². The molecule has 2 nitrogen and oxygen atoms in total. The minimum Gasteiger partial charge on any atom is -0.389 e. The molecule has 1 N–H and O–H groups in total. The van der Waals surface area contributed by atoms with Crippen molar-refractivity contribution in [2.45, 2.75) is 45.1 Å². The molecule has 1 aromatic rings. The van der Waals surface area contributed by atoms with Crippen molar-refractivity contribution in [3.8, 4) is 0 Å². The van der Waals surface area contributed by atoms with Gasteiger partial charge in [-0.1, -0.05) is 37.5 Å². The number of nitrogens with zero attached hydrogens (tertiary/aromatic N) is 1. The van der Waals surface area contributed by atoms with E-state index in [1.165, 1.54) is 50.9 Å². The second kappa shape index (κ2) is 4.58. The number of rotatable bonds is 2. The highest BCUT2D eigenvalue weighted by molar-refractivity contribution is 5.57. The Morgan fingerprint density at radius 2 is 1.78 bits per heavy atom. The molecule has 1 aliphatic heterocycles. The molecule has 1 atom stereocenters. The molecule has 2 aliphatic rings. The van der Waals surface area contributed by atoms with Gasteiger partial charge < -0.3 is 10.0 Å². The molecule has 2 heteroatoms. The summed E-state index contributed by atoms with van der Waals surface area (Å²) in [4.78, 5) is 2.45. The monoisotopic (exact) mass is 245 g/mol. The predicted octanol–water partition coefficient (Wildman–Crippen LogP) is 3.51. The number of anilines is 1. The summed E-state index contributed by atoms with van der Waals surface area (Å²) in [7, 11) is 0. The second-order valence-electron chi connectivity index (χ2n) is 6.15. The standard InChI is InChI=1S/C16H23NO/c1-13(18)14-7-3-4-8-15(14)17-11-16(12-17)9-5-2-6-10-16/h3-4,7-8,13,18H,2,5-6,9-12H2,1H3. The Morgan fingerprint density at radius 1 is 1.11 bits per heavy atom. The molecular weight excluding hydrogens is 222 g/mol. The van der Waals surface area contributed by atoms with E-state index in [1.54, 1.807) is 0 Å². The zero-order valence-corrected chi connectivity index (χ0v) is 11.2.